The van der Waals surface area contributed by atoms with Gasteiger partial charge < -0.3 is 0 Å². The zero-order valence-electron chi connectivity index (χ0n) is 28.2. The predicted molar refractivity (Wildman–Crippen MR) is 195 cm³/mol. The zero-order valence-corrected chi connectivity index (χ0v) is 31.8. The Kier molecular flexibility index (Phi) is 8.00. The predicted octanol–water partition coefficient (Wildman–Crippen LogP) is 13.0. The fourth-order valence-electron chi connectivity index (χ4n) is 9.26. The van der Waals surface area contributed by atoms with E-state index in [2.05, 4.69) is 146 Å². The molecule has 1 heteroatoms. The van der Waals surface area contributed by atoms with Gasteiger partial charge in [-0.05, 0) is 0 Å². The molecule has 0 spiro atoms. The van der Waals surface area contributed by atoms with E-state index in [1.54, 1.807) is 11.1 Å². The summed E-state index contributed by atoms with van der Waals surface area (Å²) < 4.78 is 8.72. The van der Waals surface area contributed by atoms with Gasteiger partial charge in [-0.25, -0.2) is 0 Å². The number of fused-ring (bicyclic) bond motifs is 2. The second-order valence-electron chi connectivity index (χ2n) is 15.6. The summed E-state index contributed by atoms with van der Waals surface area (Å²) in [4.78, 5) is 0. The van der Waals surface area contributed by atoms with Crippen molar-refractivity contribution in [3.8, 4) is 22.3 Å². The number of hydrogen-bond acceptors (Lipinski definition) is 0. The van der Waals surface area contributed by atoms with E-state index in [0.29, 0.717) is 19.2 Å². The van der Waals surface area contributed by atoms with Crippen LogP contribution in [0.4, 0.5) is 0 Å². The second-order valence-corrected chi connectivity index (χ2v) is 41.4. The van der Waals surface area contributed by atoms with Crippen LogP contribution in [-0.4, -0.2) is 3.26 Å². The van der Waals surface area contributed by atoms with Crippen molar-refractivity contribution >= 4 is 15.4 Å². The van der Waals surface area contributed by atoms with Crippen LogP contribution in [-0.2, 0) is 18.0 Å². The van der Waals surface area contributed by atoms with Crippen LogP contribution in [0.1, 0.15) is 112 Å². The Hall–Kier alpha value is -2.90. The molecule has 3 aliphatic rings. The first-order valence-corrected chi connectivity index (χ1v) is 30.7. The van der Waals surface area contributed by atoms with Gasteiger partial charge >= 0.3 is 274 Å². The summed E-state index contributed by atoms with van der Waals surface area (Å²) in [6.07, 6.45) is 17.1. The van der Waals surface area contributed by atoms with E-state index in [1.165, 1.54) is 76.6 Å². The van der Waals surface area contributed by atoms with Crippen LogP contribution < -0.4 is 0 Å². The molecule has 2 atom stereocenters. The first-order valence-electron chi connectivity index (χ1n) is 17.5. The SMILES string of the molecule is CC(C)c1cccc(-c2cccc3c2C=C[CH]3[Hf]([CH3])([CH3])(=[C]2CCCCC2)[CH]2C=Cc3c(-c4cccc(C(C)C)c4)cccc32)c1. The van der Waals surface area contributed by atoms with E-state index in [-0.39, 0.29) is 0 Å². The third-order valence-corrected chi connectivity index (χ3v) is 39.3. The Morgan fingerprint density at radius 1 is 0.556 bits per heavy atom. The van der Waals surface area contributed by atoms with Gasteiger partial charge in [0.1, 0.15) is 0 Å². The minimum absolute atomic E-state index is 0.520. The van der Waals surface area contributed by atoms with Crippen molar-refractivity contribution in [1.29, 1.82) is 0 Å². The Morgan fingerprint density at radius 3 is 1.44 bits per heavy atom. The van der Waals surface area contributed by atoms with Crippen LogP contribution in [0.25, 0.3) is 34.4 Å². The van der Waals surface area contributed by atoms with Crippen LogP contribution >= 0.6 is 0 Å². The summed E-state index contributed by atoms with van der Waals surface area (Å²) in [5.74, 6) is 1.05. The molecule has 0 N–H and O–H groups in total. The Morgan fingerprint density at radius 2 is 1.00 bits per heavy atom. The second kappa shape index (κ2) is 11.7. The molecule has 0 bridgehead atoms. The molecular formula is C44H50Hf. The third kappa shape index (κ3) is 5.09. The van der Waals surface area contributed by atoms with Crippen molar-refractivity contribution < 1.29 is 18.0 Å². The van der Waals surface area contributed by atoms with Crippen molar-refractivity contribution in [3.63, 3.8) is 0 Å². The third-order valence-electron chi connectivity index (χ3n) is 12.1. The van der Waals surface area contributed by atoms with Gasteiger partial charge in [0.15, 0.2) is 0 Å². The fraction of sp³-hybridized carbons (Fsp3) is 0.341. The van der Waals surface area contributed by atoms with E-state index >= 15 is 0 Å². The number of benzene rings is 4. The van der Waals surface area contributed by atoms with Gasteiger partial charge in [0.25, 0.3) is 0 Å². The Labute approximate surface area is 272 Å². The molecule has 0 aliphatic heterocycles. The normalized spacial score (nSPS) is 19.4. The quantitative estimate of drug-likeness (QED) is 0.172. The number of hydrogen-bond donors (Lipinski definition) is 0. The minimum atomic E-state index is -3.98. The molecule has 1 fully saturated rings. The van der Waals surface area contributed by atoms with Gasteiger partial charge in [0.05, 0.1) is 0 Å². The van der Waals surface area contributed by atoms with Gasteiger partial charge in [0, 0.05) is 0 Å². The summed E-state index contributed by atoms with van der Waals surface area (Å²) in [5, 5.41) is 0. The van der Waals surface area contributed by atoms with Gasteiger partial charge in [-0.3, -0.25) is 0 Å². The topological polar surface area (TPSA) is 0 Å². The molecule has 4 aromatic carbocycles. The van der Waals surface area contributed by atoms with Crippen molar-refractivity contribution in [3.05, 3.63) is 130 Å². The number of allylic oxidation sites excluding steroid dienone is 2. The molecule has 0 saturated heterocycles. The average molecular weight is 757 g/mol. The molecule has 4 aromatic rings. The first kappa shape index (κ1) is 30.7. The van der Waals surface area contributed by atoms with Gasteiger partial charge in [-0.15, -0.1) is 0 Å². The molecule has 0 amide bonds. The van der Waals surface area contributed by atoms with Gasteiger partial charge in [0.2, 0.25) is 0 Å². The van der Waals surface area contributed by atoms with E-state index in [4.69, 9.17) is 0 Å². The van der Waals surface area contributed by atoms with Gasteiger partial charge in [-0.1, -0.05) is 0 Å². The Bertz CT molecular complexity index is 1770. The molecule has 3 aliphatic carbocycles. The van der Waals surface area contributed by atoms with E-state index in [9.17, 15) is 0 Å². The van der Waals surface area contributed by atoms with Crippen molar-refractivity contribution in [2.45, 2.75) is 88.3 Å². The van der Waals surface area contributed by atoms with E-state index in [1.807, 2.05) is 3.26 Å². The molecule has 0 nitrogen and oxygen atoms in total. The molecule has 230 valence electrons. The van der Waals surface area contributed by atoms with Crippen molar-refractivity contribution in [2.75, 3.05) is 0 Å². The average Bonchev–Trinajstić information content (AvgIpc) is 3.72. The fourth-order valence-corrected chi connectivity index (χ4v) is 34.4. The van der Waals surface area contributed by atoms with Crippen LogP contribution in [0, 0.1) is 0 Å². The monoisotopic (exact) mass is 758 g/mol. The maximum atomic E-state index is 2.85. The van der Waals surface area contributed by atoms with Crippen molar-refractivity contribution in [2.24, 2.45) is 0 Å². The van der Waals surface area contributed by atoms with Crippen LogP contribution in [0.15, 0.2) is 97.1 Å². The molecule has 0 aromatic heterocycles. The molecular weight excluding hydrogens is 707 g/mol. The summed E-state index contributed by atoms with van der Waals surface area (Å²) in [6, 6.07) is 32.9. The van der Waals surface area contributed by atoms with Crippen molar-refractivity contribution in [1.82, 2.24) is 0 Å². The first-order chi connectivity index (χ1) is 21.7. The Balaban J connectivity index is 1.39. The standard InChI is InChI=1S/2C18H17.C6H10.2CH3.Hf/c2*1-13(2)15-8-3-9-16(12-15)18-11-5-7-14-6-4-10-17(14)18;1-2-4-6-5-3-1;;;/h2*3-13H,1-2H3;1-5H2;2*1H3;. The zero-order chi connectivity index (χ0) is 31.4. The molecule has 1 saturated carbocycles. The van der Waals surface area contributed by atoms with E-state index in [0.717, 1.165) is 0 Å². The summed E-state index contributed by atoms with van der Waals surface area (Å²) in [5.41, 5.74) is 14.5. The van der Waals surface area contributed by atoms with Crippen LogP contribution in [0.3, 0.4) is 0 Å². The molecule has 0 heterocycles. The summed E-state index contributed by atoms with van der Waals surface area (Å²) in [7, 11) is 0. The van der Waals surface area contributed by atoms with Crippen LogP contribution in [0.2, 0.25) is 9.36 Å². The number of rotatable bonds is 6. The van der Waals surface area contributed by atoms with E-state index < -0.39 is 18.0 Å². The van der Waals surface area contributed by atoms with Gasteiger partial charge in [-0.2, -0.15) is 0 Å². The summed E-state index contributed by atoms with van der Waals surface area (Å²) in [6.45, 7) is 9.19. The summed E-state index contributed by atoms with van der Waals surface area (Å²) >= 11 is -3.98. The molecule has 45 heavy (non-hydrogen) atoms. The maximum absolute atomic E-state index is 3.98. The molecule has 0 radical (unpaired) electrons. The molecule has 2 unspecified atom stereocenters. The van der Waals surface area contributed by atoms with Crippen LogP contribution in [0.5, 0.6) is 0 Å². The molecule has 7 rings (SSSR count).